The summed E-state index contributed by atoms with van der Waals surface area (Å²) in [5, 5.41) is 9.32. The molecule has 106 valence electrons. The second-order valence-corrected chi connectivity index (χ2v) is 6.50. The van der Waals surface area contributed by atoms with E-state index in [-0.39, 0.29) is 0 Å². The number of anilines is 1. The highest BCUT2D eigenvalue weighted by Crippen LogP contribution is 2.28. The molecule has 0 saturated carbocycles. The minimum absolute atomic E-state index is 0.810. The Morgan fingerprint density at radius 3 is 2.67 bits per heavy atom. The van der Waals surface area contributed by atoms with E-state index in [2.05, 4.69) is 58.1 Å². The van der Waals surface area contributed by atoms with E-state index >= 15 is 0 Å². The number of aryl methyl sites for hydroxylation is 1. The van der Waals surface area contributed by atoms with E-state index in [1.807, 2.05) is 18.4 Å². The normalized spacial score (nSPS) is 11.6. The first-order valence-electron chi connectivity index (χ1n) is 6.59. The predicted octanol–water partition coefficient (Wildman–Crippen LogP) is 5.02. The molecule has 0 aliphatic heterocycles. The molecule has 0 fully saturated rings. The first kappa shape index (κ1) is 14.0. The van der Waals surface area contributed by atoms with Crippen LogP contribution in [-0.2, 0) is 0 Å². The van der Waals surface area contributed by atoms with Crippen LogP contribution in [0, 0.1) is 6.92 Å². The van der Waals surface area contributed by atoms with Gasteiger partial charge in [-0.3, -0.25) is 5.43 Å². The lowest BCUT2D eigenvalue weighted by atomic mass is 10.1. The fraction of sp³-hybridized carbons (Fsp3) is 0.125. The van der Waals surface area contributed by atoms with Crippen molar-refractivity contribution in [1.29, 1.82) is 0 Å². The smallest absolute Gasteiger partial charge is 0.203 e. The fourth-order valence-electron chi connectivity index (χ4n) is 1.85. The maximum Gasteiger partial charge on any atom is 0.203 e. The molecule has 0 aliphatic carbocycles. The van der Waals surface area contributed by atoms with Crippen molar-refractivity contribution in [2.75, 3.05) is 5.43 Å². The molecule has 3 rings (SSSR count). The number of nitrogens with zero attached hydrogens (tertiary/aromatic N) is 2. The molecule has 0 atom stereocenters. The molecule has 1 N–H and O–H groups in total. The summed E-state index contributed by atoms with van der Waals surface area (Å²) in [6.07, 6.45) is 0. The van der Waals surface area contributed by atoms with Gasteiger partial charge in [-0.05, 0) is 30.9 Å². The Morgan fingerprint density at radius 1 is 1.14 bits per heavy atom. The highest BCUT2D eigenvalue weighted by Gasteiger charge is 2.05. The number of hydrazone groups is 1. The third-order valence-corrected chi connectivity index (χ3v) is 4.71. The zero-order valence-electron chi connectivity index (χ0n) is 11.8. The molecule has 2 heterocycles. The van der Waals surface area contributed by atoms with E-state index in [4.69, 9.17) is 0 Å². The fourth-order valence-corrected chi connectivity index (χ4v) is 3.27. The Labute approximate surface area is 132 Å². The van der Waals surface area contributed by atoms with Crippen molar-refractivity contribution in [1.82, 2.24) is 4.98 Å². The molecule has 3 nitrogen and oxygen atoms in total. The molecule has 0 radical (unpaired) electrons. The van der Waals surface area contributed by atoms with Crippen molar-refractivity contribution < 1.29 is 0 Å². The lowest BCUT2D eigenvalue weighted by molar-refractivity contribution is 1.27. The quantitative estimate of drug-likeness (QED) is 0.542. The molecule has 0 unspecified atom stereocenters. The minimum atomic E-state index is 0.810. The first-order chi connectivity index (χ1) is 10.2. The molecule has 0 amide bonds. The number of thiophene rings is 1. The number of aromatic nitrogens is 1. The van der Waals surface area contributed by atoms with Gasteiger partial charge in [0, 0.05) is 5.38 Å². The van der Waals surface area contributed by atoms with Gasteiger partial charge in [0.05, 0.1) is 16.3 Å². The number of nitrogens with one attached hydrogen (secondary N) is 1. The molecule has 0 aliphatic rings. The highest BCUT2D eigenvalue weighted by molar-refractivity contribution is 7.15. The van der Waals surface area contributed by atoms with Gasteiger partial charge >= 0.3 is 0 Å². The Kier molecular flexibility index (Phi) is 4.13. The summed E-state index contributed by atoms with van der Waals surface area (Å²) < 4.78 is 0. The third kappa shape index (κ3) is 3.37. The molecule has 2 aromatic heterocycles. The van der Waals surface area contributed by atoms with E-state index in [9.17, 15) is 0 Å². The lowest BCUT2D eigenvalue weighted by Gasteiger charge is -2.01. The van der Waals surface area contributed by atoms with Gasteiger partial charge in [-0.1, -0.05) is 35.9 Å². The summed E-state index contributed by atoms with van der Waals surface area (Å²) in [6.45, 7) is 4.07. The lowest BCUT2D eigenvalue weighted by Crippen LogP contribution is -1.99. The minimum Gasteiger partial charge on any atom is -0.252 e. The van der Waals surface area contributed by atoms with Gasteiger partial charge in [-0.15, -0.1) is 22.7 Å². The van der Waals surface area contributed by atoms with Crippen molar-refractivity contribution >= 4 is 33.5 Å². The summed E-state index contributed by atoms with van der Waals surface area (Å²) in [5.74, 6) is 0. The van der Waals surface area contributed by atoms with Gasteiger partial charge in [0.25, 0.3) is 0 Å². The van der Waals surface area contributed by atoms with Crippen molar-refractivity contribution in [2.45, 2.75) is 13.8 Å². The summed E-state index contributed by atoms with van der Waals surface area (Å²) in [6, 6.07) is 12.4. The average Bonchev–Trinajstić information content (AvgIpc) is 3.16. The molecule has 5 heteroatoms. The third-order valence-electron chi connectivity index (χ3n) is 3.07. The van der Waals surface area contributed by atoms with E-state index in [1.165, 1.54) is 10.4 Å². The van der Waals surface area contributed by atoms with Crippen molar-refractivity contribution in [3.05, 3.63) is 58.3 Å². The molecule has 0 saturated heterocycles. The van der Waals surface area contributed by atoms with Gasteiger partial charge in [0.1, 0.15) is 0 Å². The van der Waals surface area contributed by atoms with Crippen LogP contribution in [0.15, 0.2) is 52.3 Å². The maximum atomic E-state index is 4.54. The monoisotopic (exact) mass is 313 g/mol. The Bertz CT molecular complexity index is 740. The molecule has 1 aromatic carbocycles. The predicted molar refractivity (Wildman–Crippen MR) is 92.4 cm³/mol. The number of thiazole rings is 1. The molecule has 0 bridgehead atoms. The number of hydrogen-bond donors (Lipinski definition) is 1. The topological polar surface area (TPSA) is 37.3 Å². The van der Waals surface area contributed by atoms with E-state index in [0.29, 0.717) is 0 Å². The number of rotatable bonds is 4. The highest BCUT2D eigenvalue weighted by atomic mass is 32.1. The molecule has 0 spiro atoms. The zero-order valence-corrected chi connectivity index (χ0v) is 13.5. The van der Waals surface area contributed by atoms with Crippen LogP contribution >= 0.6 is 22.7 Å². The van der Waals surface area contributed by atoms with Gasteiger partial charge in [0.2, 0.25) is 5.13 Å². The van der Waals surface area contributed by atoms with E-state index < -0.39 is 0 Å². The van der Waals surface area contributed by atoms with Gasteiger partial charge < -0.3 is 0 Å². The second-order valence-electron chi connectivity index (χ2n) is 4.69. The maximum absolute atomic E-state index is 4.54. The number of benzene rings is 1. The second kappa shape index (κ2) is 6.20. The SMILES string of the molecule is C/C(=N/Nc1nc(-c2cccs2)cs1)c1ccc(C)cc1. The Hall–Kier alpha value is -1.98. The first-order valence-corrected chi connectivity index (χ1v) is 8.35. The van der Waals surface area contributed by atoms with Crippen molar-refractivity contribution in [3.8, 4) is 10.6 Å². The van der Waals surface area contributed by atoms with Crippen LogP contribution in [0.25, 0.3) is 10.6 Å². The standard InChI is InChI=1S/C16H15N3S2/c1-11-5-7-13(8-6-11)12(2)18-19-16-17-14(10-21-16)15-4-3-9-20-15/h3-10H,1-2H3,(H,17,19)/b18-12-. The van der Waals surface area contributed by atoms with Crippen LogP contribution in [0.5, 0.6) is 0 Å². The summed E-state index contributed by atoms with van der Waals surface area (Å²) in [4.78, 5) is 5.72. The largest absolute Gasteiger partial charge is 0.252 e. The molecular weight excluding hydrogens is 298 g/mol. The van der Waals surface area contributed by atoms with E-state index in [1.54, 1.807) is 22.7 Å². The molecular formula is C16H15N3S2. The van der Waals surface area contributed by atoms with Crippen LogP contribution in [-0.4, -0.2) is 10.7 Å². The summed E-state index contributed by atoms with van der Waals surface area (Å²) >= 11 is 3.26. The molecule has 3 aromatic rings. The Balaban J connectivity index is 1.72. The Morgan fingerprint density at radius 2 is 1.95 bits per heavy atom. The van der Waals surface area contributed by atoms with Gasteiger partial charge in [0.15, 0.2) is 0 Å². The van der Waals surface area contributed by atoms with Gasteiger partial charge in [-0.25, -0.2) is 4.98 Å². The van der Waals surface area contributed by atoms with Crippen molar-refractivity contribution in [2.24, 2.45) is 5.10 Å². The van der Waals surface area contributed by atoms with Crippen LogP contribution in [0.2, 0.25) is 0 Å². The van der Waals surface area contributed by atoms with Crippen LogP contribution in [0.1, 0.15) is 18.1 Å². The summed E-state index contributed by atoms with van der Waals surface area (Å²) in [5.41, 5.74) is 7.35. The van der Waals surface area contributed by atoms with E-state index in [0.717, 1.165) is 22.1 Å². The van der Waals surface area contributed by atoms with Gasteiger partial charge in [-0.2, -0.15) is 5.10 Å². The van der Waals surface area contributed by atoms with Crippen molar-refractivity contribution in [3.63, 3.8) is 0 Å². The number of hydrogen-bond acceptors (Lipinski definition) is 5. The summed E-state index contributed by atoms with van der Waals surface area (Å²) in [7, 11) is 0. The molecule has 21 heavy (non-hydrogen) atoms. The zero-order chi connectivity index (χ0) is 14.7. The van der Waals surface area contributed by atoms with Crippen LogP contribution < -0.4 is 5.43 Å². The average molecular weight is 313 g/mol. The van der Waals surface area contributed by atoms with Crippen LogP contribution in [0.3, 0.4) is 0 Å². The van der Waals surface area contributed by atoms with Crippen LogP contribution in [0.4, 0.5) is 5.13 Å².